The van der Waals surface area contributed by atoms with Gasteiger partial charge in [0.25, 0.3) is 5.91 Å². The molecule has 1 aliphatic heterocycles. The largest absolute Gasteiger partial charge is 0.492 e. The summed E-state index contributed by atoms with van der Waals surface area (Å²) in [6.07, 6.45) is 0.791. The first-order chi connectivity index (χ1) is 15.4. The number of benzene rings is 2. The number of hydrogen-bond acceptors (Lipinski definition) is 7. The van der Waals surface area contributed by atoms with Crippen molar-refractivity contribution in [2.45, 2.75) is 25.8 Å². The number of amides is 1. The van der Waals surface area contributed by atoms with Gasteiger partial charge in [0.05, 0.1) is 32.4 Å². The summed E-state index contributed by atoms with van der Waals surface area (Å²) in [5.41, 5.74) is 6.76. The Kier molecular flexibility index (Phi) is 7.48. The van der Waals surface area contributed by atoms with Crippen LogP contribution in [-0.4, -0.2) is 63.9 Å². The summed E-state index contributed by atoms with van der Waals surface area (Å²) in [6.45, 7) is 6.66. The Morgan fingerprint density at radius 2 is 1.72 bits per heavy atom. The zero-order valence-corrected chi connectivity index (χ0v) is 19.5. The number of nitrogens with zero attached hydrogens (tertiary/aromatic N) is 1. The van der Waals surface area contributed by atoms with Gasteiger partial charge in [0.1, 0.15) is 5.75 Å². The van der Waals surface area contributed by atoms with Crippen LogP contribution in [0.4, 0.5) is 0 Å². The molecule has 0 saturated carbocycles. The lowest BCUT2D eigenvalue weighted by molar-refractivity contribution is 0.0473. The lowest BCUT2D eigenvalue weighted by Crippen LogP contribution is -2.59. The molecule has 0 atom stereocenters. The van der Waals surface area contributed by atoms with Gasteiger partial charge in [-0.1, -0.05) is 12.1 Å². The minimum atomic E-state index is -0.354. The first-order valence-corrected chi connectivity index (χ1v) is 10.7. The van der Waals surface area contributed by atoms with Crippen LogP contribution in [0.3, 0.4) is 0 Å². The van der Waals surface area contributed by atoms with E-state index in [2.05, 4.69) is 5.32 Å². The molecule has 0 aliphatic carbocycles. The van der Waals surface area contributed by atoms with Gasteiger partial charge in [-0.05, 0) is 44.5 Å². The minimum absolute atomic E-state index is 0.155. The van der Waals surface area contributed by atoms with Crippen molar-refractivity contribution in [1.29, 1.82) is 0 Å². The smallest absolute Gasteiger partial charge is 0.258 e. The fourth-order valence-electron chi connectivity index (χ4n) is 3.94. The van der Waals surface area contributed by atoms with Crippen molar-refractivity contribution in [2.24, 2.45) is 5.73 Å². The van der Waals surface area contributed by atoms with E-state index in [0.29, 0.717) is 53.9 Å². The molecule has 0 spiro atoms. The number of carbonyl (C=O) groups excluding carboxylic acids is 1. The van der Waals surface area contributed by atoms with Crippen molar-refractivity contribution in [3.63, 3.8) is 0 Å². The highest BCUT2D eigenvalue weighted by molar-refractivity contribution is 5.99. The van der Waals surface area contributed by atoms with Crippen LogP contribution in [0.25, 0.3) is 0 Å². The molecule has 1 heterocycles. The van der Waals surface area contributed by atoms with E-state index in [1.165, 1.54) is 21.3 Å². The second-order valence-corrected chi connectivity index (χ2v) is 8.25. The van der Waals surface area contributed by atoms with E-state index in [0.717, 1.165) is 18.5 Å². The fourth-order valence-corrected chi connectivity index (χ4v) is 3.94. The highest BCUT2D eigenvalue weighted by atomic mass is 16.5. The number of piperazine rings is 1. The normalized spacial score (nSPS) is 15.2. The van der Waals surface area contributed by atoms with Gasteiger partial charge >= 0.3 is 0 Å². The lowest BCUT2D eigenvalue weighted by Gasteiger charge is -2.43. The van der Waals surface area contributed by atoms with E-state index in [1.807, 2.05) is 43.0 Å². The third-order valence-electron chi connectivity index (χ3n) is 5.63. The van der Waals surface area contributed by atoms with Gasteiger partial charge in [-0.15, -0.1) is 0 Å². The molecule has 3 rings (SSSR count). The maximum atomic E-state index is 13.6. The number of hydrogen-bond donors (Lipinski definition) is 2. The van der Waals surface area contributed by atoms with Crippen molar-refractivity contribution in [3.8, 4) is 28.7 Å². The van der Waals surface area contributed by atoms with Crippen LogP contribution in [0.5, 0.6) is 28.7 Å². The molecular formula is C24H33N3O5. The third-order valence-corrected chi connectivity index (χ3v) is 5.63. The number of nitrogens with two attached hydrogens (primary N) is 1. The van der Waals surface area contributed by atoms with E-state index in [1.54, 1.807) is 6.07 Å². The fraction of sp³-hybridized carbons (Fsp3) is 0.458. The molecule has 1 saturated heterocycles. The van der Waals surface area contributed by atoms with Crippen LogP contribution in [0, 0.1) is 0 Å². The zero-order valence-electron chi connectivity index (χ0n) is 19.5. The van der Waals surface area contributed by atoms with Crippen LogP contribution < -0.4 is 30.0 Å². The highest BCUT2D eigenvalue weighted by Crippen LogP contribution is 2.48. The lowest BCUT2D eigenvalue weighted by atomic mass is 9.98. The van der Waals surface area contributed by atoms with Crippen molar-refractivity contribution in [2.75, 3.05) is 47.5 Å². The average Bonchev–Trinajstić information content (AvgIpc) is 2.78. The summed E-state index contributed by atoms with van der Waals surface area (Å²) < 4.78 is 22.9. The molecular weight excluding hydrogens is 410 g/mol. The monoisotopic (exact) mass is 443 g/mol. The number of carbonyl (C=O) groups is 1. The first kappa shape index (κ1) is 23.7. The van der Waals surface area contributed by atoms with Gasteiger partial charge in [0.15, 0.2) is 11.5 Å². The minimum Gasteiger partial charge on any atom is -0.492 e. The van der Waals surface area contributed by atoms with Crippen molar-refractivity contribution < 1.29 is 23.7 Å². The quantitative estimate of drug-likeness (QED) is 0.648. The first-order valence-electron chi connectivity index (χ1n) is 10.7. The molecule has 2 aromatic rings. The third kappa shape index (κ3) is 4.76. The Morgan fingerprint density at radius 3 is 2.28 bits per heavy atom. The highest BCUT2D eigenvalue weighted by Gasteiger charge is 2.36. The predicted molar refractivity (Wildman–Crippen MR) is 123 cm³/mol. The van der Waals surface area contributed by atoms with E-state index < -0.39 is 0 Å². The van der Waals surface area contributed by atoms with Gasteiger partial charge in [0, 0.05) is 25.7 Å². The number of nitrogens with one attached hydrogen (secondary N) is 1. The van der Waals surface area contributed by atoms with E-state index in [9.17, 15) is 4.79 Å². The number of rotatable bonds is 8. The Hall–Kier alpha value is -2.97. The standard InChI is InChI=1S/C24H33N3O5/c1-24(2)15-26-12-13-27(24)23(28)18-14-19(21(30-4)22(31-5)20(18)29-3)32-17-8-6-16(7-9-17)10-11-25/h6-9,14,26H,10-13,15,25H2,1-5H3. The van der Waals surface area contributed by atoms with Gasteiger partial charge in [-0.25, -0.2) is 0 Å². The molecule has 0 aromatic heterocycles. The Balaban J connectivity index is 2.06. The molecule has 8 nitrogen and oxygen atoms in total. The molecule has 174 valence electrons. The molecule has 32 heavy (non-hydrogen) atoms. The molecule has 1 fully saturated rings. The Morgan fingerprint density at radius 1 is 1.06 bits per heavy atom. The van der Waals surface area contributed by atoms with E-state index in [4.69, 9.17) is 24.7 Å². The summed E-state index contributed by atoms with van der Waals surface area (Å²) >= 11 is 0. The Bertz CT molecular complexity index is 944. The summed E-state index contributed by atoms with van der Waals surface area (Å²) in [4.78, 5) is 15.5. The van der Waals surface area contributed by atoms with Crippen LogP contribution in [0.2, 0.25) is 0 Å². The van der Waals surface area contributed by atoms with E-state index >= 15 is 0 Å². The molecule has 0 unspecified atom stereocenters. The summed E-state index contributed by atoms with van der Waals surface area (Å²) in [5.74, 6) is 1.80. The zero-order chi connectivity index (χ0) is 23.3. The van der Waals surface area contributed by atoms with Crippen molar-refractivity contribution in [3.05, 3.63) is 41.5 Å². The van der Waals surface area contributed by atoms with Gasteiger partial charge in [0.2, 0.25) is 11.5 Å². The van der Waals surface area contributed by atoms with Crippen LogP contribution in [-0.2, 0) is 6.42 Å². The molecule has 8 heteroatoms. The molecule has 0 bridgehead atoms. The van der Waals surface area contributed by atoms with Crippen LogP contribution in [0.15, 0.2) is 30.3 Å². The summed E-state index contributed by atoms with van der Waals surface area (Å²) in [7, 11) is 4.54. The second kappa shape index (κ2) is 10.1. The van der Waals surface area contributed by atoms with Gasteiger partial charge in [-0.2, -0.15) is 0 Å². The average molecular weight is 444 g/mol. The van der Waals surface area contributed by atoms with Crippen LogP contribution >= 0.6 is 0 Å². The van der Waals surface area contributed by atoms with Crippen LogP contribution in [0.1, 0.15) is 29.8 Å². The van der Waals surface area contributed by atoms with Gasteiger partial charge < -0.3 is 34.9 Å². The number of methoxy groups -OCH3 is 3. The maximum Gasteiger partial charge on any atom is 0.258 e. The molecule has 0 radical (unpaired) electrons. The Labute approximate surface area is 189 Å². The summed E-state index contributed by atoms with van der Waals surface area (Å²) in [6, 6.07) is 9.31. The number of ether oxygens (including phenoxy) is 4. The molecule has 1 amide bonds. The molecule has 2 aromatic carbocycles. The topological polar surface area (TPSA) is 95.3 Å². The van der Waals surface area contributed by atoms with Crippen molar-refractivity contribution >= 4 is 5.91 Å². The maximum absolute atomic E-state index is 13.6. The summed E-state index contributed by atoms with van der Waals surface area (Å²) in [5, 5.41) is 3.34. The van der Waals surface area contributed by atoms with E-state index in [-0.39, 0.29) is 11.4 Å². The van der Waals surface area contributed by atoms with Gasteiger partial charge in [-0.3, -0.25) is 4.79 Å². The predicted octanol–water partition coefficient (Wildman–Crippen LogP) is 2.83. The SMILES string of the molecule is COc1c(Oc2ccc(CCN)cc2)cc(C(=O)N2CCNCC2(C)C)c(OC)c1OC. The second-order valence-electron chi connectivity index (χ2n) is 8.25. The molecule has 1 aliphatic rings. The van der Waals surface area contributed by atoms with Crippen molar-refractivity contribution in [1.82, 2.24) is 10.2 Å². The molecule has 3 N–H and O–H groups in total.